The highest BCUT2D eigenvalue weighted by Gasteiger charge is 2.24. The van der Waals surface area contributed by atoms with Gasteiger partial charge in [-0.1, -0.05) is 18.2 Å². The number of carbonyl (C=O) groups is 1. The summed E-state index contributed by atoms with van der Waals surface area (Å²) in [6, 6.07) is 13.3. The molecule has 0 aliphatic rings. The molecule has 180 valence electrons. The molecule has 1 N–H and O–H groups in total. The minimum Gasteiger partial charge on any atom is -0.434 e. The Hall–Kier alpha value is -4.21. The summed E-state index contributed by atoms with van der Waals surface area (Å²) in [5.41, 5.74) is 2.00. The molecule has 0 saturated heterocycles. The topological polar surface area (TPSA) is 69.0 Å². The highest BCUT2D eigenvalue weighted by molar-refractivity contribution is 6.05. The van der Waals surface area contributed by atoms with Gasteiger partial charge >= 0.3 is 6.61 Å². The van der Waals surface area contributed by atoms with Crippen molar-refractivity contribution in [3.8, 4) is 22.6 Å². The molecule has 2 aromatic heterocycles. The van der Waals surface area contributed by atoms with Crippen LogP contribution in [0.1, 0.15) is 28.5 Å². The van der Waals surface area contributed by atoms with Gasteiger partial charge in [0.05, 0.1) is 16.9 Å². The second kappa shape index (κ2) is 9.57. The van der Waals surface area contributed by atoms with E-state index < -0.39 is 18.4 Å². The van der Waals surface area contributed by atoms with Gasteiger partial charge in [-0.15, -0.1) is 0 Å². The molecule has 6 nitrogen and oxygen atoms in total. The lowest BCUT2D eigenvalue weighted by Crippen LogP contribution is -2.14. The minimum absolute atomic E-state index is 0.0359. The van der Waals surface area contributed by atoms with Crippen molar-refractivity contribution in [1.29, 1.82) is 0 Å². The molecule has 0 saturated carbocycles. The SMILES string of the molecule is Cc1nn(-c2ccc(OC(F)F)c(-c3cccnc3)c2)cc1C(=O)Nc1cccc(C(C)(F)F)c1. The molecule has 2 aromatic carbocycles. The maximum Gasteiger partial charge on any atom is 0.387 e. The molecular formula is C25H20F4N4O2. The van der Waals surface area contributed by atoms with Gasteiger partial charge in [0.1, 0.15) is 5.75 Å². The summed E-state index contributed by atoms with van der Waals surface area (Å²) < 4.78 is 59.1. The number of nitrogens with zero attached hydrogens (tertiary/aromatic N) is 3. The number of benzene rings is 2. The van der Waals surface area contributed by atoms with Crippen LogP contribution in [0.25, 0.3) is 16.8 Å². The second-order valence-corrected chi connectivity index (χ2v) is 7.80. The number of aryl methyl sites for hydroxylation is 1. The second-order valence-electron chi connectivity index (χ2n) is 7.80. The first-order valence-corrected chi connectivity index (χ1v) is 10.5. The summed E-state index contributed by atoms with van der Waals surface area (Å²) in [6.45, 7) is -0.609. The van der Waals surface area contributed by atoms with E-state index in [0.29, 0.717) is 22.5 Å². The van der Waals surface area contributed by atoms with Crippen molar-refractivity contribution < 1.29 is 27.1 Å². The number of nitrogens with one attached hydrogen (secondary N) is 1. The van der Waals surface area contributed by atoms with Crippen LogP contribution in [0.4, 0.5) is 23.2 Å². The van der Waals surface area contributed by atoms with Crippen LogP contribution in [0.15, 0.2) is 73.2 Å². The van der Waals surface area contributed by atoms with Gasteiger partial charge in [-0.25, -0.2) is 13.5 Å². The summed E-state index contributed by atoms with van der Waals surface area (Å²) in [4.78, 5) is 16.9. The predicted octanol–water partition coefficient (Wildman–Crippen LogP) is 6.21. The molecule has 4 aromatic rings. The van der Waals surface area contributed by atoms with Gasteiger partial charge in [0.2, 0.25) is 0 Å². The maximum absolute atomic E-state index is 13.6. The van der Waals surface area contributed by atoms with Gasteiger partial charge in [-0.3, -0.25) is 9.78 Å². The third-order valence-electron chi connectivity index (χ3n) is 5.19. The van der Waals surface area contributed by atoms with E-state index in [1.54, 1.807) is 31.3 Å². The van der Waals surface area contributed by atoms with Gasteiger partial charge in [0.25, 0.3) is 11.8 Å². The van der Waals surface area contributed by atoms with Crippen molar-refractivity contribution in [2.24, 2.45) is 0 Å². The van der Waals surface area contributed by atoms with E-state index >= 15 is 0 Å². The molecule has 35 heavy (non-hydrogen) atoms. The van der Waals surface area contributed by atoms with Gasteiger partial charge in [0, 0.05) is 47.9 Å². The summed E-state index contributed by atoms with van der Waals surface area (Å²) in [5, 5.41) is 6.96. The number of aromatic nitrogens is 3. The molecular weight excluding hydrogens is 464 g/mol. The Morgan fingerprint density at radius 1 is 1.11 bits per heavy atom. The van der Waals surface area contributed by atoms with E-state index in [0.717, 1.165) is 6.92 Å². The van der Waals surface area contributed by atoms with Crippen molar-refractivity contribution in [2.45, 2.75) is 26.4 Å². The van der Waals surface area contributed by atoms with Crippen LogP contribution in [-0.2, 0) is 5.92 Å². The average Bonchev–Trinajstić information content (AvgIpc) is 3.21. The number of rotatable bonds is 7. The van der Waals surface area contributed by atoms with Gasteiger partial charge in [-0.2, -0.15) is 13.9 Å². The third-order valence-corrected chi connectivity index (χ3v) is 5.19. The zero-order valence-electron chi connectivity index (χ0n) is 18.7. The van der Waals surface area contributed by atoms with E-state index in [9.17, 15) is 22.4 Å². The minimum atomic E-state index is -3.05. The third kappa shape index (κ3) is 5.48. The summed E-state index contributed by atoms with van der Waals surface area (Å²) in [6.07, 6.45) is 4.54. The summed E-state index contributed by atoms with van der Waals surface area (Å²) >= 11 is 0. The molecule has 10 heteroatoms. The van der Waals surface area contributed by atoms with Crippen molar-refractivity contribution in [3.63, 3.8) is 0 Å². The Morgan fingerprint density at radius 3 is 2.60 bits per heavy atom. The number of anilines is 1. The normalized spacial score (nSPS) is 11.5. The molecule has 2 heterocycles. The lowest BCUT2D eigenvalue weighted by Gasteiger charge is -2.13. The molecule has 0 aliphatic carbocycles. The van der Waals surface area contributed by atoms with Crippen LogP contribution >= 0.6 is 0 Å². The van der Waals surface area contributed by atoms with Crippen LogP contribution in [0.2, 0.25) is 0 Å². The summed E-state index contributed by atoms with van der Waals surface area (Å²) in [7, 11) is 0. The number of ether oxygens (including phenoxy) is 1. The van der Waals surface area contributed by atoms with Crippen molar-refractivity contribution in [1.82, 2.24) is 14.8 Å². The number of amides is 1. The number of carbonyl (C=O) groups excluding carboxylic acids is 1. The highest BCUT2D eigenvalue weighted by atomic mass is 19.3. The van der Waals surface area contributed by atoms with Crippen LogP contribution in [0.3, 0.4) is 0 Å². The predicted molar refractivity (Wildman–Crippen MR) is 122 cm³/mol. The van der Waals surface area contributed by atoms with Crippen LogP contribution in [0.5, 0.6) is 5.75 Å². The Morgan fingerprint density at radius 2 is 1.91 bits per heavy atom. The number of alkyl halides is 4. The first kappa shape index (κ1) is 23.9. The first-order valence-electron chi connectivity index (χ1n) is 10.5. The van der Waals surface area contributed by atoms with Crippen LogP contribution in [0, 0.1) is 6.92 Å². The Labute approximate surface area is 198 Å². The summed E-state index contributed by atoms with van der Waals surface area (Å²) in [5.74, 6) is -3.62. The smallest absolute Gasteiger partial charge is 0.387 e. The van der Waals surface area contributed by atoms with Crippen LogP contribution < -0.4 is 10.1 Å². The largest absolute Gasteiger partial charge is 0.434 e. The fourth-order valence-corrected chi connectivity index (χ4v) is 3.49. The Bertz CT molecular complexity index is 1350. The van der Waals surface area contributed by atoms with E-state index in [-0.39, 0.29) is 22.6 Å². The van der Waals surface area contributed by atoms with Crippen molar-refractivity contribution >= 4 is 11.6 Å². The zero-order valence-corrected chi connectivity index (χ0v) is 18.7. The number of pyridine rings is 1. The first-order chi connectivity index (χ1) is 16.6. The van der Waals surface area contributed by atoms with Gasteiger partial charge in [0.15, 0.2) is 0 Å². The number of hydrogen-bond acceptors (Lipinski definition) is 4. The lowest BCUT2D eigenvalue weighted by atomic mass is 10.1. The van der Waals surface area contributed by atoms with E-state index in [4.69, 9.17) is 0 Å². The molecule has 0 unspecified atom stereocenters. The average molecular weight is 484 g/mol. The number of hydrogen-bond donors (Lipinski definition) is 1. The fourth-order valence-electron chi connectivity index (χ4n) is 3.49. The molecule has 0 fully saturated rings. The van der Waals surface area contributed by atoms with E-state index in [1.807, 2.05) is 0 Å². The van der Waals surface area contributed by atoms with Crippen molar-refractivity contribution in [2.75, 3.05) is 5.32 Å². The molecule has 0 radical (unpaired) electrons. The molecule has 0 atom stereocenters. The highest BCUT2D eigenvalue weighted by Crippen LogP contribution is 2.33. The van der Waals surface area contributed by atoms with Gasteiger partial charge < -0.3 is 10.1 Å². The quantitative estimate of drug-likeness (QED) is 0.317. The zero-order chi connectivity index (χ0) is 25.2. The maximum atomic E-state index is 13.6. The fraction of sp³-hybridized carbons (Fsp3) is 0.160. The molecule has 1 amide bonds. The van der Waals surface area contributed by atoms with Gasteiger partial charge in [-0.05, 0) is 43.3 Å². The lowest BCUT2D eigenvalue weighted by molar-refractivity contribution is -0.0494. The molecule has 4 rings (SSSR count). The van der Waals surface area contributed by atoms with E-state index in [1.165, 1.54) is 53.5 Å². The van der Waals surface area contributed by atoms with E-state index in [2.05, 4.69) is 20.1 Å². The van der Waals surface area contributed by atoms with Crippen LogP contribution in [-0.4, -0.2) is 27.3 Å². The van der Waals surface area contributed by atoms with Crippen molar-refractivity contribution in [3.05, 3.63) is 90.0 Å². The molecule has 0 bridgehead atoms. The Kier molecular flexibility index (Phi) is 6.54. The Balaban J connectivity index is 1.65. The molecule has 0 spiro atoms. The standard InChI is InChI=1S/C25H20F4N4O2/c1-15-21(23(34)31-18-7-3-6-17(11-18)25(2,28)29)14-33(32-15)19-8-9-22(35-24(26)27)20(12-19)16-5-4-10-30-13-16/h3-14,24H,1-2H3,(H,31,34). The number of halogens is 4. The monoisotopic (exact) mass is 484 g/mol. The molecule has 0 aliphatic heterocycles.